The Morgan fingerprint density at radius 2 is 1.82 bits per heavy atom. The number of aliphatic carboxylic acids is 2. The standard InChI is InChI=1S/C10H16N2O5/c11-7(5-9(15)16)10(17)12(6-1-2-6)4-3-8(13)14/h6-7H,1-5,11H2,(H,13,14)(H,15,16). The first-order valence-electron chi connectivity index (χ1n) is 5.41. The molecule has 1 aliphatic carbocycles. The molecule has 0 spiro atoms. The Balaban J connectivity index is 2.53. The van der Waals surface area contributed by atoms with Gasteiger partial charge < -0.3 is 20.8 Å². The van der Waals surface area contributed by atoms with E-state index in [1.807, 2.05) is 0 Å². The minimum atomic E-state index is -1.14. The molecule has 7 nitrogen and oxygen atoms in total. The van der Waals surface area contributed by atoms with Crippen molar-refractivity contribution in [3.63, 3.8) is 0 Å². The summed E-state index contributed by atoms with van der Waals surface area (Å²) in [4.78, 5) is 34.1. The third-order valence-corrected chi connectivity index (χ3v) is 2.55. The van der Waals surface area contributed by atoms with Crippen molar-refractivity contribution in [3.05, 3.63) is 0 Å². The average molecular weight is 244 g/mol. The molecule has 1 aliphatic rings. The van der Waals surface area contributed by atoms with Crippen molar-refractivity contribution in [3.8, 4) is 0 Å². The van der Waals surface area contributed by atoms with Gasteiger partial charge in [0.2, 0.25) is 5.91 Å². The number of carboxylic acid groups (broad SMARTS) is 2. The molecule has 1 saturated carbocycles. The fourth-order valence-electron chi connectivity index (χ4n) is 1.56. The summed E-state index contributed by atoms with van der Waals surface area (Å²) in [6.45, 7) is 0.0894. The second kappa shape index (κ2) is 5.62. The molecule has 1 atom stereocenters. The molecular weight excluding hydrogens is 228 g/mol. The Bertz CT molecular complexity index is 327. The fraction of sp³-hybridized carbons (Fsp3) is 0.700. The number of nitrogens with zero attached hydrogens (tertiary/aromatic N) is 1. The highest BCUT2D eigenvalue weighted by atomic mass is 16.4. The number of amides is 1. The monoisotopic (exact) mass is 244 g/mol. The van der Waals surface area contributed by atoms with Crippen LogP contribution < -0.4 is 5.73 Å². The van der Waals surface area contributed by atoms with Gasteiger partial charge in [-0.3, -0.25) is 14.4 Å². The van der Waals surface area contributed by atoms with Gasteiger partial charge in [-0.15, -0.1) is 0 Å². The summed E-state index contributed by atoms with van der Waals surface area (Å²) in [6, 6.07) is -1.07. The number of carbonyl (C=O) groups is 3. The van der Waals surface area contributed by atoms with Crippen LogP contribution in [0.2, 0.25) is 0 Å². The van der Waals surface area contributed by atoms with Crippen LogP contribution in [0.5, 0.6) is 0 Å². The summed E-state index contributed by atoms with van der Waals surface area (Å²) >= 11 is 0. The lowest BCUT2D eigenvalue weighted by molar-refractivity contribution is -0.143. The van der Waals surface area contributed by atoms with Crippen LogP contribution in [0.4, 0.5) is 0 Å². The maximum atomic E-state index is 11.8. The van der Waals surface area contributed by atoms with Crippen molar-refractivity contribution in [1.29, 1.82) is 0 Å². The Morgan fingerprint density at radius 3 is 2.24 bits per heavy atom. The lowest BCUT2D eigenvalue weighted by Crippen LogP contribution is -2.46. The highest BCUT2D eigenvalue weighted by Crippen LogP contribution is 2.27. The molecule has 0 aromatic rings. The van der Waals surface area contributed by atoms with E-state index in [9.17, 15) is 14.4 Å². The quantitative estimate of drug-likeness (QED) is 0.542. The number of hydrogen-bond donors (Lipinski definition) is 3. The third kappa shape index (κ3) is 4.39. The Hall–Kier alpha value is -1.63. The van der Waals surface area contributed by atoms with Gasteiger partial charge in [0.1, 0.15) is 0 Å². The van der Waals surface area contributed by atoms with Crippen LogP contribution in [0.25, 0.3) is 0 Å². The average Bonchev–Trinajstić information content (AvgIpc) is 3.00. The fourth-order valence-corrected chi connectivity index (χ4v) is 1.56. The molecule has 96 valence electrons. The Kier molecular flexibility index (Phi) is 4.45. The van der Waals surface area contributed by atoms with Crippen LogP contribution in [0.3, 0.4) is 0 Å². The van der Waals surface area contributed by atoms with Gasteiger partial charge >= 0.3 is 11.9 Å². The zero-order chi connectivity index (χ0) is 13.0. The molecule has 1 fully saturated rings. The van der Waals surface area contributed by atoms with Crippen molar-refractivity contribution in [2.45, 2.75) is 37.8 Å². The van der Waals surface area contributed by atoms with E-state index < -0.39 is 30.3 Å². The molecule has 0 aliphatic heterocycles. The molecule has 0 heterocycles. The first-order chi connectivity index (χ1) is 7.91. The highest BCUT2D eigenvalue weighted by Gasteiger charge is 2.35. The normalized spacial score (nSPS) is 16.3. The molecule has 0 radical (unpaired) electrons. The topological polar surface area (TPSA) is 121 Å². The number of rotatable bonds is 7. The number of nitrogens with two attached hydrogens (primary N) is 1. The molecule has 4 N–H and O–H groups in total. The van der Waals surface area contributed by atoms with E-state index >= 15 is 0 Å². The second-order valence-corrected chi connectivity index (χ2v) is 4.11. The van der Waals surface area contributed by atoms with Crippen molar-refractivity contribution in [1.82, 2.24) is 4.90 Å². The lowest BCUT2D eigenvalue weighted by Gasteiger charge is -2.24. The summed E-state index contributed by atoms with van der Waals surface area (Å²) in [5.41, 5.74) is 5.47. The first-order valence-corrected chi connectivity index (χ1v) is 5.41. The van der Waals surface area contributed by atoms with E-state index in [-0.39, 0.29) is 19.0 Å². The largest absolute Gasteiger partial charge is 0.481 e. The molecular formula is C10H16N2O5. The molecule has 0 aromatic carbocycles. The SMILES string of the molecule is NC(CC(=O)O)C(=O)N(CCC(=O)O)C1CC1. The molecule has 1 unspecified atom stereocenters. The van der Waals surface area contributed by atoms with Gasteiger partial charge in [-0.1, -0.05) is 0 Å². The van der Waals surface area contributed by atoms with Crippen LogP contribution >= 0.6 is 0 Å². The molecule has 1 amide bonds. The van der Waals surface area contributed by atoms with Gasteiger partial charge in [0, 0.05) is 12.6 Å². The third-order valence-electron chi connectivity index (χ3n) is 2.55. The smallest absolute Gasteiger partial charge is 0.305 e. The van der Waals surface area contributed by atoms with E-state index in [1.165, 1.54) is 4.90 Å². The minimum Gasteiger partial charge on any atom is -0.481 e. The van der Waals surface area contributed by atoms with E-state index in [4.69, 9.17) is 15.9 Å². The van der Waals surface area contributed by atoms with Gasteiger partial charge in [0.05, 0.1) is 18.9 Å². The summed E-state index contributed by atoms with van der Waals surface area (Å²) in [7, 11) is 0. The van der Waals surface area contributed by atoms with Crippen molar-refractivity contribution in [2.75, 3.05) is 6.54 Å². The van der Waals surface area contributed by atoms with E-state index in [0.717, 1.165) is 12.8 Å². The van der Waals surface area contributed by atoms with Gasteiger partial charge in [-0.2, -0.15) is 0 Å². The van der Waals surface area contributed by atoms with Crippen molar-refractivity contribution >= 4 is 17.8 Å². The highest BCUT2D eigenvalue weighted by molar-refractivity contribution is 5.86. The second-order valence-electron chi connectivity index (χ2n) is 4.11. The number of carboxylic acids is 2. The maximum absolute atomic E-state index is 11.8. The minimum absolute atomic E-state index is 0.0293. The Morgan fingerprint density at radius 1 is 1.24 bits per heavy atom. The zero-order valence-corrected chi connectivity index (χ0v) is 9.33. The maximum Gasteiger partial charge on any atom is 0.305 e. The van der Waals surface area contributed by atoms with Crippen LogP contribution in [0.1, 0.15) is 25.7 Å². The van der Waals surface area contributed by atoms with Crippen LogP contribution in [0, 0.1) is 0 Å². The summed E-state index contributed by atoms with van der Waals surface area (Å²) in [5, 5.41) is 17.1. The molecule has 17 heavy (non-hydrogen) atoms. The van der Waals surface area contributed by atoms with E-state index in [1.54, 1.807) is 0 Å². The molecule has 0 bridgehead atoms. The van der Waals surface area contributed by atoms with Crippen LogP contribution in [0.15, 0.2) is 0 Å². The van der Waals surface area contributed by atoms with Crippen LogP contribution in [-0.2, 0) is 14.4 Å². The molecule has 7 heteroatoms. The number of hydrogen-bond acceptors (Lipinski definition) is 4. The molecule has 0 saturated heterocycles. The van der Waals surface area contributed by atoms with Crippen molar-refractivity contribution in [2.24, 2.45) is 5.73 Å². The predicted molar refractivity (Wildman–Crippen MR) is 57.2 cm³/mol. The van der Waals surface area contributed by atoms with Gasteiger partial charge in [0.15, 0.2) is 0 Å². The number of carbonyl (C=O) groups excluding carboxylic acids is 1. The van der Waals surface area contributed by atoms with E-state index in [0.29, 0.717) is 0 Å². The zero-order valence-electron chi connectivity index (χ0n) is 9.33. The predicted octanol–water partition coefficient (Wildman–Crippen LogP) is -0.746. The van der Waals surface area contributed by atoms with Gasteiger partial charge in [-0.05, 0) is 12.8 Å². The van der Waals surface area contributed by atoms with Gasteiger partial charge in [0.25, 0.3) is 0 Å². The summed E-state index contributed by atoms with van der Waals surface area (Å²) < 4.78 is 0. The molecule has 0 aromatic heterocycles. The van der Waals surface area contributed by atoms with E-state index in [2.05, 4.69) is 0 Å². The van der Waals surface area contributed by atoms with Gasteiger partial charge in [-0.25, -0.2) is 0 Å². The summed E-state index contributed by atoms with van der Waals surface area (Å²) in [6.07, 6.45) is 1.06. The lowest BCUT2D eigenvalue weighted by atomic mass is 10.2. The Labute approximate surface area is 98.2 Å². The first kappa shape index (κ1) is 13.4. The van der Waals surface area contributed by atoms with Crippen LogP contribution in [-0.4, -0.2) is 51.6 Å². The van der Waals surface area contributed by atoms with Crippen molar-refractivity contribution < 1.29 is 24.6 Å². The summed E-state index contributed by atoms with van der Waals surface area (Å²) in [5.74, 6) is -2.61. The molecule has 1 rings (SSSR count).